The van der Waals surface area contributed by atoms with E-state index < -0.39 is 0 Å². The minimum absolute atomic E-state index is 0.0525. The Kier molecular flexibility index (Phi) is 4.91. The van der Waals surface area contributed by atoms with Crippen LogP contribution in [0.5, 0.6) is 0 Å². The fourth-order valence-electron chi connectivity index (χ4n) is 2.35. The Labute approximate surface area is 98.1 Å². The molecule has 0 radical (unpaired) electrons. The van der Waals surface area contributed by atoms with Gasteiger partial charge < -0.3 is 0 Å². The summed E-state index contributed by atoms with van der Waals surface area (Å²) in [7, 11) is 0. The van der Waals surface area contributed by atoms with Gasteiger partial charge in [-0.2, -0.15) is 4.39 Å². The second-order valence-corrected chi connectivity index (χ2v) is 4.76. The molecular weight excluding hydrogens is 201 g/mol. The first-order valence-electron chi connectivity index (χ1n) is 6.25. The predicted molar refractivity (Wildman–Crippen MR) is 66.0 cm³/mol. The number of pyridine rings is 1. The summed E-state index contributed by atoms with van der Waals surface area (Å²) in [5.41, 5.74) is 0.730. The minimum atomic E-state index is -0.297. The fraction of sp³-hybridized carbons (Fsp3) is 0.643. The molecule has 0 spiro atoms. The first-order valence-corrected chi connectivity index (χ1v) is 6.25. The highest BCUT2D eigenvalue weighted by Gasteiger charge is 2.28. The Bertz CT molecular complexity index is 324. The summed E-state index contributed by atoms with van der Waals surface area (Å²) in [5.74, 6) is -0.297. The number of hydrogen-bond donors (Lipinski definition) is 0. The number of unbranched alkanes of at least 4 members (excludes halogenated alkanes) is 1. The van der Waals surface area contributed by atoms with E-state index in [1.807, 2.05) is 12.1 Å². The molecular formula is C14H22FN. The van der Waals surface area contributed by atoms with Gasteiger partial charge in [0.05, 0.1) is 0 Å². The molecule has 0 aliphatic carbocycles. The van der Waals surface area contributed by atoms with Crippen molar-refractivity contribution < 1.29 is 4.39 Å². The topological polar surface area (TPSA) is 12.9 Å². The third kappa shape index (κ3) is 3.03. The molecule has 0 aliphatic rings. The predicted octanol–water partition coefficient (Wildman–Crippen LogP) is 4.47. The summed E-state index contributed by atoms with van der Waals surface area (Å²) < 4.78 is 13.7. The SMILES string of the molecule is CCCCC(C)(CCC)c1cccnc1F. The maximum absolute atomic E-state index is 13.7. The van der Waals surface area contributed by atoms with Crippen molar-refractivity contribution in [3.8, 4) is 0 Å². The molecule has 0 saturated carbocycles. The van der Waals surface area contributed by atoms with Crippen molar-refractivity contribution in [2.24, 2.45) is 0 Å². The Balaban J connectivity index is 2.96. The molecule has 1 unspecified atom stereocenters. The van der Waals surface area contributed by atoms with Crippen LogP contribution >= 0.6 is 0 Å². The molecule has 0 bridgehead atoms. The Morgan fingerprint density at radius 3 is 2.56 bits per heavy atom. The number of halogens is 1. The molecule has 16 heavy (non-hydrogen) atoms. The zero-order valence-corrected chi connectivity index (χ0v) is 10.6. The lowest BCUT2D eigenvalue weighted by Crippen LogP contribution is -2.23. The van der Waals surface area contributed by atoms with Crippen LogP contribution in [0.2, 0.25) is 0 Å². The Morgan fingerprint density at radius 1 is 1.25 bits per heavy atom. The van der Waals surface area contributed by atoms with E-state index in [0.717, 1.165) is 37.7 Å². The highest BCUT2D eigenvalue weighted by Crippen LogP contribution is 2.35. The third-order valence-electron chi connectivity index (χ3n) is 3.29. The lowest BCUT2D eigenvalue weighted by molar-refractivity contribution is 0.362. The van der Waals surface area contributed by atoms with Crippen LogP contribution in [0.15, 0.2) is 18.3 Å². The van der Waals surface area contributed by atoms with Gasteiger partial charge in [0.2, 0.25) is 5.95 Å². The van der Waals surface area contributed by atoms with Crippen molar-refractivity contribution in [1.29, 1.82) is 0 Å². The van der Waals surface area contributed by atoms with E-state index in [4.69, 9.17) is 0 Å². The number of nitrogens with zero attached hydrogens (tertiary/aromatic N) is 1. The first kappa shape index (κ1) is 13.1. The average molecular weight is 223 g/mol. The van der Waals surface area contributed by atoms with Gasteiger partial charge in [-0.1, -0.05) is 46.1 Å². The second-order valence-electron chi connectivity index (χ2n) is 4.76. The maximum atomic E-state index is 13.7. The Morgan fingerprint density at radius 2 is 2.00 bits per heavy atom. The first-order chi connectivity index (χ1) is 7.64. The zero-order valence-electron chi connectivity index (χ0n) is 10.6. The molecule has 1 heterocycles. The van der Waals surface area contributed by atoms with E-state index in [1.165, 1.54) is 6.20 Å². The summed E-state index contributed by atoms with van der Waals surface area (Å²) in [5, 5.41) is 0. The van der Waals surface area contributed by atoms with E-state index in [-0.39, 0.29) is 11.4 Å². The molecule has 0 amide bonds. The molecule has 0 N–H and O–H groups in total. The van der Waals surface area contributed by atoms with Crippen molar-refractivity contribution in [1.82, 2.24) is 4.98 Å². The molecule has 1 nitrogen and oxygen atoms in total. The third-order valence-corrected chi connectivity index (χ3v) is 3.29. The van der Waals surface area contributed by atoms with Crippen molar-refractivity contribution in [2.45, 2.75) is 58.3 Å². The average Bonchev–Trinajstić information content (AvgIpc) is 2.27. The van der Waals surface area contributed by atoms with Gasteiger partial charge in [0, 0.05) is 11.8 Å². The van der Waals surface area contributed by atoms with Gasteiger partial charge in [0.1, 0.15) is 0 Å². The molecule has 0 aromatic carbocycles. The fourth-order valence-corrected chi connectivity index (χ4v) is 2.35. The molecule has 0 saturated heterocycles. The van der Waals surface area contributed by atoms with E-state index >= 15 is 0 Å². The molecule has 1 aromatic heterocycles. The maximum Gasteiger partial charge on any atom is 0.216 e. The monoisotopic (exact) mass is 223 g/mol. The number of aromatic nitrogens is 1. The van der Waals surface area contributed by atoms with Gasteiger partial charge in [0.15, 0.2) is 0 Å². The summed E-state index contributed by atoms with van der Waals surface area (Å²) >= 11 is 0. The van der Waals surface area contributed by atoms with E-state index in [1.54, 1.807) is 0 Å². The molecule has 1 atom stereocenters. The van der Waals surface area contributed by atoms with Crippen LogP contribution < -0.4 is 0 Å². The van der Waals surface area contributed by atoms with Gasteiger partial charge in [0.25, 0.3) is 0 Å². The van der Waals surface area contributed by atoms with Crippen molar-refractivity contribution in [2.75, 3.05) is 0 Å². The molecule has 0 fully saturated rings. The van der Waals surface area contributed by atoms with E-state index in [2.05, 4.69) is 25.8 Å². The number of hydrogen-bond acceptors (Lipinski definition) is 1. The van der Waals surface area contributed by atoms with Gasteiger partial charge >= 0.3 is 0 Å². The summed E-state index contributed by atoms with van der Waals surface area (Å²) in [6, 6.07) is 3.71. The second kappa shape index (κ2) is 5.97. The van der Waals surface area contributed by atoms with E-state index in [9.17, 15) is 4.39 Å². The Hall–Kier alpha value is -0.920. The highest BCUT2D eigenvalue weighted by molar-refractivity contribution is 5.22. The van der Waals surface area contributed by atoms with Gasteiger partial charge in [-0.05, 0) is 24.3 Å². The standard InChI is InChI=1S/C14H22FN/c1-4-6-10-14(3,9-5-2)12-8-7-11-16-13(12)15/h7-8,11H,4-6,9-10H2,1-3H3. The normalized spacial score (nSPS) is 14.8. The lowest BCUT2D eigenvalue weighted by atomic mass is 9.75. The van der Waals surface area contributed by atoms with Gasteiger partial charge in [-0.3, -0.25) is 0 Å². The molecule has 1 rings (SSSR count). The van der Waals surface area contributed by atoms with Crippen molar-refractivity contribution >= 4 is 0 Å². The lowest BCUT2D eigenvalue weighted by Gasteiger charge is -2.29. The quantitative estimate of drug-likeness (QED) is 0.648. The van der Waals surface area contributed by atoms with Crippen molar-refractivity contribution in [3.05, 3.63) is 29.8 Å². The minimum Gasteiger partial charge on any atom is -0.228 e. The summed E-state index contributed by atoms with van der Waals surface area (Å²) in [6.45, 7) is 6.48. The largest absolute Gasteiger partial charge is 0.228 e. The van der Waals surface area contributed by atoms with Crippen LogP contribution in [-0.2, 0) is 5.41 Å². The number of rotatable bonds is 6. The highest BCUT2D eigenvalue weighted by atomic mass is 19.1. The molecule has 0 aliphatic heterocycles. The molecule has 2 heteroatoms. The summed E-state index contributed by atoms with van der Waals surface area (Å²) in [4.78, 5) is 3.77. The zero-order chi connectivity index (χ0) is 12.0. The van der Waals surface area contributed by atoms with Crippen LogP contribution in [-0.4, -0.2) is 4.98 Å². The van der Waals surface area contributed by atoms with Gasteiger partial charge in [-0.15, -0.1) is 0 Å². The molecule has 1 aromatic rings. The van der Waals surface area contributed by atoms with Crippen LogP contribution in [0.1, 0.15) is 58.4 Å². The van der Waals surface area contributed by atoms with Crippen LogP contribution in [0.3, 0.4) is 0 Å². The summed E-state index contributed by atoms with van der Waals surface area (Å²) in [6.07, 6.45) is 6.96. The van der Waals surface area contributed by atoms with Crippen molar-refractivity contribution in [3.63, 3.8) is 0 Å². The van der Waals surface area contributed by atoms with Crippen LogP contribution in [0.25, 0.3) is 0 Å². The van der Waals surface area contributed by atoms with Gasteiger partial charge in [-0.25, -0.2) is 4.98 Å². The van der Waals surface area contributed by atoms with E-state index in [0.29, 0.717) is 0 Å². The van der Waals surface area contributed by atoms with Crippen LogP contribution in [0.4, 0.5) is 4.39 Å². The molecule has 90 valence electrons. The van der Waals surface area contributed by atoms with Crippen LogP contribution in [0, 0.1) is 5.95 Å². The smallest absolute Gasteiger partial charge is 0.216 e.